The number of nitrogens with zero attached hydrogens (tertiary/aromatic N) is 2. The SMILES string of the molecule is CCCNCc1csc(N(C)CCOC(C)C)n1. The molecule has 0 aliphatic heterocycles. The Hall–Kier alpha value is -0.650. The van der Waals surface area contributed by atoms with Crippen LogP contribution in [0, 0.1) is 0 Å². The Morgan fingerprint density at radius 2 is 2.28 bits per heavy atom. The molecule has 1 aromatic rings. The first-order chi connectivity index (χ1) is 8.63. The first kappa shape index (κ1) is 15.4. The summed E-state index contributed by atoms with van der Waals surface area (Å²) in [6, 6.07) is 0. The Bertz CT molecular complexity index is 328. The van der Waals surface area contributed by atoms with Gasteiger partial charge in [0.2, 0.25) is 0 Å². The fourth-order valence-electron chi connectivity index (χ4n) is 1.47. The molecule has 1 heterocycles. The van der Waals surface area contributed by atoms with Crippen LogP contribution in [0.2, 0.25) is 0 Å². The molecule has 5 heteroatoms. The summed E-state index contributed by atoms with van der Waals surface area (Å²) < 4.78 is 5.54. The van der Waals surface area contributed by atoms with Crippen molar-refractivity contribution in [3.8, 4) is 0 Å². The molecule has 0 aliphatic carbocycles. The van der Waals surface area contributed by atoms with Gasteiger partial charge in [-0.1, -0.05) is 6.92 Å². The zero-order chi connectivity index (χ0) is 13.4. The minimum absolute atomic E-state index is 0.295. The first-order valence-electron chi connectivity index (χ1n) is 6.61. The molecular formula is C13H25N3OS. The number of anilines is 1. The lowest BCUT2D eigenvalue weighted by atomic mass is 10.4. The summed E-state index contributed by atoms with van der Waals surface area (Å²) in [6.45, 7) is 9.82. The van der Waals surface area contributed by atoms with E-state index in [1.165, 1.54) is 0 Å². The van der Waals surface area contributed by atoms with Crippen LogP contribution in [0.4, 0.5) is 5.13 Å². The topological polar surface area (TPSA) is 37.4 Å². The highest BCUT2D eigenvalue weighted by atomic mass is 32.1. The monoisotopic (exact) mass is 271 g/mol. The molecule has 1 aromatic heterocycles. The van der Waals surface area contributed by atoms with Gasteiger partial charge >= 0.3 is 0 Å². The molecule has 0 fully saturated rings. The zero-order valence-corrected chi connectivity index (χ0v) is 12.7. The molecule has 0 unspecified atom stereocenters. The fraction of sp³-hybridized carbons (Fsp3) is 0.769. The molecule has 0 bridgehead atoms. The van der Waals surface area contributed by atoms with E-state index < -0.39 is 0 Å². The van der Waals surface area contributed by atoms with Gasteiger partial charge in [0.15, 0.2) is 5.13 Å². The standard InChI is InChI=1S/C13H25N3OS/c1-5-6-14-9-12-10-18-13(15-12)16(4)7-8-17-11(2)3/h10-11,14H,5-9H2,1-4H3. The number of hydrogen-bond acceptors (Lipinski definition) is 5. The Morgan fingerprint density at radius 1 is 1.50 bits per heavy atom. The second-order valence-corrected chi connectivity index (χ2v) is 5.48. The highest BCUT2D eigenvalue weighted by molar-refractivity contribution is 7.13. The van der Waals surface area contributed by atoms with Crippen molar-refractivity contribution in [3.05, 3.63) is 11.1 Å². The maximum Gasteiger partial charge on any atom is 0.185 e. The summed E-state index contributed by atoms with van der Waals surface area (Å²) >= 11 is 1.69. The molecule has 0 saturated carbocycles. The van der Waals surface area contributed by atoms with E-state index in [9.17, 15) is 0 Å². The van der Waals surface area contributed by atoms with Crippen molar-refractivity contribution in [2.45, 2.75) is 39.8 Å². The molecule has 104 valence electrons. The quantitative estimate of drug-likeness (QED) is 0.700. The molecule has 1 rings (SSSR count). The number of aromatic nitrogens is 1. The number of ether oxygens (including phenoxy) is 1. The molecular weight excluding hydrogens is 246 g/mol. The van der Waals surface area contributed by atoms with E-state index in [1.54, 1.807) is 11.3 Å². The summed E-state index contributed by atoms with van der Waals surface area (Å²) in [5, 5.41) is 6.55. The molecule has 4 nitrogen and oxygen atoms in total. The molecule has 18 heavy (non-hydrogen) atoms. The van der Waals surface area contributed by atoms with E-state index in [1.807, 2.05) is 0 Å². The van der Waals surface area contributed by atoms with Gasteiger partial charge in [-0.2, -0.15) is 0 Å². The molecule has 0 amide bonds. The third-order valence-electron chi connectivity index (χ3n) is 2.48. The third-order valence-corrected chi connectivity index (χ3v) is 3.48. The zero-order valence-electron chi connectivity index (χ0n) is 11.9. The van der Waals surface area contributed by atoms with Crippen molar-refractivity contribution < 1.29 is 4.74 Å². The van der Waals surface area contributed by atoms with Crippen molar-refractivity contribution in [3.63, 3.8) is 0 Å². The Morgan fingerprint density at radius 3 is 2.94 bits per heavy atom. The Balaban J connectivity index is 2.32. The molecule has 0 atom stereocenters. The second kappa shape index (κ2) is 8.45. The minimum atomic E-state index is 0.295. The van der Waals surface area contributed by atoms with Crippen LogP contribution in [-0.2, 0) is 11.3 Å². The maximum absolute atomic E-state index is 5.54. The van der Waals surface area contributed by atoms with Gasteiger partial charge in [-0.05, 0) is 26.8 Å². The average Bonchev–Trinajstić information content (AvgIpc) is 2.77. The van der Waals surface area contributed by atoms with E-state index in [-0.39, 0.29) is 0 Å². The van der Waals surface area contributed by atoms with E-state index in [4.69, 9.17) is 4.74 Å². The number of likely N-dealkylation sites (N-methyl/N-ethyl adjacent to an activating group) is 1. The lowest BCUT2D eigenvalue weighted by molar-refractivity contribution is 0.0846. The summed E-state index contributed by atoms with van der Waals surface area (Å²) in [5.41, 5.74) is 1.13. The number of rotatable bonds is 9. The molecule has 1 N–H and O–H groups in total. The Kier molecular flexibility index (Phi) is 7.23. The van der Waals surface area contributed by atoms with Crippen LogP contribution in [0.3, 0.4) is 0 Å². The van der Waals surface area contributed by atoms with Crippen LogP contribution in [-0.4, -0.2) is 37.8 Å². The predicted octanol–water partition coefficient (Wildman–Crippen LogP) is 2.50. The van der Waals surface area contributed by atoms with Gasteiger partial charge in [-0.3, -0.25) is 0 Å². The van der Waals surface area contributed by atoms with Crippen molar-refractivity contribution in [2.24, 2.45) is 0 Å². The molecule has 0 aliphatic rings. The molecule has 0 radical (unpaired) electrons. The summed E-state index contributed by atoms with van der Waals surface area (Å²) in [5.74, 6) is 0. The van der Waals surface area contributed by atoms with Crippen molar-refractivity contribution >= 4 is 16.5 Å². The number of hydrogen-bond donors (Lipinski definition) is 1. The first-order valence-corrected chi connectivity index (χ1v) is 7.49. The van der Waals surface area contributed by atoms with Crippen LogP contribution in [0.1, 0.15) is 32.9 Å². The van der Waals surface area contributed by atoms with Crippen LogP contribution >= 0.6 is 11.3 Å². The third kappa shape index (κ3) is 5.80. The molecule has 0 saturated heterocycles. The van der Waals surface area contributed by atoms with Gasteiger partial charge < -0.3 is 15.0 Å². The smallest absolute Gasteiger partial charge is 0.185 e. The van der Waals surface area contributed by atoms with Crippen LogP contribution in [0.25, 0.3) is 0 Å². The Labute approximate surface area is 114 Å². The van der Waals surface area contributed by atoms with Crippen molar-refractivity contribution in [1.29, 1.82) is 0 Å². The largest absolute Gasteiger partial charge is 0.377 e. The van der Waals surface area contributed by atoms with Crippen LogP contribution in [0.15, 0.2) is 5.38 Å². The number of nitrogens with one attached hydrogen (secondary N) is 1. The van der Waals surface area contributed by atoms with Gasteiger partial charge in [0.25, 0.3) is 0 Å². The number of thiazole rings is 1. The van der Waals surface area contributed by atoms with Crippen LogP contribution < -0.4 is 10.2 Å². The minimum Gasteiger partial charge on any atom is -0.377 e. The average molecular weight is 271 g/mol. The lowest BCUT2D eigenvalue weighted by Crippen LogP contribution is -2.24. The van der Waals surface area contributed by atoms with Gasteiger partial charge in [0, 0.05) is 25.5 Å². The van der Waals surface area contributed by atoms with Gasteiger partial charge in [-0.15, -0.1) is 11.3 Å². The highest BCUT2D eigenvalue weighted by Gasteiger charge is 2.07. The van der Waals surface area contributed by atoms with Gasteiger partial charge in [0.05, 0.1) is 18.4 Å². The second-order valence-electron chi connectivity index (χ2n) is 4.64. The van der Waals surface area contributed by atoms with Gasteiger partial charge in [0.1, 0.15) is 0 Å². The summed E-state index contributed by atoms with van der Waals surface area (Å²) in [7, 11) is 2.06. The summed E-state index contributed by atoms with van der Waals surface area (Å²) in [4.78, 5) is 6.76. The molecule has 0 aromatic carbocycles. The van der Waals surface area contributed by atoms with Crippen LogP contribution in [0.5, 0.6) is 0 Å². The van der Waals surface area contributed by atoms with E-state index in [0.29, 0.717) is 6.10 Å². The van der Waals surface area contributed by atoms with E-state index in [2.05, 4.69) is 48.4 Å². The van der Waals surface area contributed by atoms with Crippen molar-refractivity contribution in [2.75, 3.05) is 31.6 Å². The highest BCUT2D eigenvalue weighted by Crippen LogP contribution is 2.18. The molecule has 0 spiro atoms. The lowest BCUT2D eigenvalue weighted by Gasteiger charge is -2.16. The maximum atomic E-state index is 5.54. The van der Waals surface area contributed by atoms with E-state index in [0.717, 1.165) is 43.5 Å². The van der Waals surface area contributed by atoms with Gasteiger partial charge in [-0.25, -0.2) is 4.98 Å². The summed E-state index contributed by atoms with van der Waals surface area (Å²) in [6.07, 6.45) is 1.45. The van der Waals surface area contributed by atoms with E-state index >= 15 is 0 Å². The predicted molar refractivity (Wildman–Crippen MR) is 78.5 cm³/mol. The fourth-order valence-corrected chi connectivity index (χ4v) is 2.29. The normalized spacial score (nSPS) is 11.2. The van der Waals surface area contributed by atoms with Crippen molar-refractivity contribution in [1.82, 2.24) is 10.3 Å².